The van der Waals surface area contributed by atoms with Crippen LogP contribution in [0.25, 0.3) is 0 Å². The van der Waals surface area contributed by atoms with Crippen LogP contribution in [-0.2, 0) is 9.53 Å². The van der Waals surface area contributed by atoms with Crippen molar-refractivity contribution in [2.75, 3.05) is 39.4 Å². The Balaban J connectivity index is 0.00000128. The lowest BCUT2D eigenvalue weighted by molar-refractivity contribution is -0.135. The van der Waals surface area contributed by atoms with Crippen LogP contribution in [0.3, 0.4) is 0 Å². The number of ether oxygens (including phenoxy) is 1. The minimum Gasteiger partial charge on any atom is -0.372 e. The summed E-state index contributed by atoms with van der Waals surface area (Å²) in [5.74, 6) is 0.153. The Morgan fingerprint density at radius 3 is 2.94 bits per heavy atom. The number of nitrogens with zero attached hydrogens (tertiary/aromatic N) is 1. The SMILES string of the molecule is CCOCC(=O)N1CCC2(CCNC2)C1.Cl. The van der Waals surface area contributed by atoms with Gasteiger partial charge in [-0.3, -0.25) is 4.79 Å². The highest BCUT2D eigenvalue weighted by Gasteiger charge is 2.41. The summed E-state index contributed by atoms with van der Waals surface area (Å²) in [7, 11) is 0. The molecule has 0 aromatic heterocycles. The predicted molar refractivity (Wildman–Crippen MR) is 64.9 cm³/mol. The van der Waals surface area contributed by atoms with E-state index in [2.05, 4.69) is 5.32 Å². The van der Waals surface area contributed by atoms with Gasteiger partial charge in [0.05, 0.1) is 0 Å². The zero-order valence-corrected chi connectivity index (χ0v) is 10.6. The van der Waals surface area contributed by atoms with Gasteiger partial charge >= 0.3 is 0 Å². The van der Waals surface area contributed by atoms with E-state index in [0.29, 0.717) is 12.0 Å². The zero-order valence-electron chi connectivity index (χ0n) is 9.83. The summed E-state index contributed by atoms with van der Waals surface area (Å²) in [6, 6.07) is 0. The van der Waals surface area contributed by atoms with Crippen molar-refractivity contribution < 1.29 is 9.53 Å². The molecular weight excluding hydrogens is 228 g/mol. The lowest BCUT2D eigenvalue weighted by Crippen LogP contribution is -2.35. The number of hydrogen-bond acceptors (Lipinski definition) is 3. The van der Waals surface area contributed by atoms with Crippen LogP contribution in [0.2, 0.25) is 0 Å². The molecular formula is C11H21ClN2O2. The first kappa shape index (κ1) is 13.7. The fourth-order valence-electron chi connectivity index (χ4n) is 2.57. The molecule has 5 heteroatoms. The molecule has 1 atom stereocenters. The smallest absolute Gasteiger partial charge is 0.248 e. The van der Waals surface area contributed by atoms with Crippen LogP contribution < -0.4 is 5.32 Å². The lowest BCUT2D eigenvalue weighted by atomic mass is 9.87. The molecule has 1 unspecified atom stereocenters. The fourth-order valence-corrected chi connectivity index (χ4v) is 2.57. The van der Waals surface area contributed by atoms with E-state index in [1.165, 1.54) is 6.42 Å². The van der Waals surface area contributed by atoms with E-state index in [0.717, 1.165) is 32.6 Å². The Kier molecular flexibility index (Phi) is 5.02. The third-order valence-electron chi connectivity index (χ3n) is 3.55. The number of likely N-dealkylation sites (tertiary alicyclic amines) is 1. The molecule has 0 radical (unpaired) electrons. The molecule has 0 aromatic carbocycles. The number of nitrogens with one attached hydrogen (secondary N) is 1. The molecule has 94 valence electrons. The van der Waals surface area contributed by atoms with Gasteiger partial charge in [0.15, 0.2) is 0 Å². The number of rotatable bonds is 3. The van der Waals surface area contributed by atoms with Gasteiger partial charge in [0.2, 0.25) is 5.91 Å². The fraction of sp³-hybridized carbons (Fsp3) is 0.909. The highest BCUT2D eigenvalue weighted by molar-refractivity contribution is 5.85. The molecule has 2 heterocycles. The number of amides is 1. The maximum Gasteiger partial charge on any atom is 0.248 e. The molecule has 1 spiro atoms. The first-order valence-corrected chi connectivity index (χ1v) is 5.82. The molecule has 4 nitrogen and oxygen atoms in total. The van der Waals surface area contributed by atoms with E-state index in [1.54, 1.807) is 0 Å². The molecule has 0 bridgehead atoms. The third-order valence-corrected chi connectivity index (χ3v) is 3.55. The second-order valence-electron chi connectivity index (χ2n) is 4.63. The quantitative estimate of drug-likeness (QED) is 0.798. The van der Waals surface area contributed by atoms with Crippen molar-refractivity contribution in [3.63, 3.8) is 0 Å². The minimum atomic E-state index is 0. The van der Waals surface area contributed by atoms with Gasteiger partial charge in [-0.15, -0.1) is 12.4 Å². The van der Waals surface area contributed by atoms with Crippen LogP contribution in [0, 0.1) is 5.41 Å². The first-order valence-electron chi connectivity index (χ1n) is 5.82. The van der Waals surface area contributed by atoms with Gasteiger partial charge in [0, 0.05) is 31.7 Å². The molecule has 2 saturated heterocycles. The van der Waals surface area contributed by atoms with E-state index in [-0.39, 0.29) is 24.9 Å². The Morgan fingerprint density at radius 2 is 2.31 bits per heavy atom. The predicted octanol–water partition coefficient (Wildman–Crippen LogP) is 0.657. The van der Waals surface area contributed by atoms with E-state index in [9.17, 15) is 4.79 Å². The molecule has 2 aliphatic rings. The van der Waals surface area contributed by atoms with Crippen molar-refractivity contribution in [2.45, 2.75) is 19.8 Å². The van der Waals surface area contributed by atoms with E-state index >= 15 is 0 Å². The molecule has 0 aliphatic carbocycles. The highest BCUT2D eigenvalue weighted by Crippen LogP contribution is 2.35. The lowest BCUT2D eigenvalue weighted by Gasteiger charge is -2.22. The highest BCUT2D eigenvalue weighted by atomic mass is 35.5. The van der Waals surface area contributed by atoms with Gasteiger partial charge in [-0.25, -0.2) is 0 Å². The summed E-state index contributed by atoms with van der Waals surface area (Å²) in [6.45, 7) is 6.80. The van der Waals surface area contributed by atoms with Gasteiger partial charge < -0.3 is 15.0 Å². The van der Waals surface area contributed by atoms with Gasteiger partial charge in [0.25, 0.3) is 0 Å². The summed E-state index contributed by atoms with van der Waals surface area (Å²) in [4.78, 5) is 13.7. The summed E-state index contributed by atoms with van der Waals surface area (Å²) < 4.78 is 5.15. The number of carbonyl (C=O) groups excluding carboxylic acids is 1. The standard InChI is InChI=1S/C11H20N2O2.ClH/c1-2-15-7-10(14)13-6-4-11(9-13)3-5-12-8-11;/h12H,2-9H2,1H3;1H. The molecule has 2 aliphatic heterocycles. The molecule has 0 aromatic rings. The largest absolute Gasteiger partial charge is 0.372 e. The van der Waals surface area contributed by atoms with Crippen molar-refractivity contribution in [1.29, 1.82) is 0 Å². The van der Waals surface area contributed by atoms with Crippen molar-refractivity contribution in [3.8, 4) is 0 Å². The van der Waals surface area contributed by atoms with E-state index in [1.807, 2.05) is 11.8 Å². The van der Waals surface area contributed by atoms with Gasteiger partial charge in [-0.05, 0) is 26.3 Å². The average molecular weight is 249 g/mol. The molecule has 2 rings (SSSR count). The molecule has 1 N–H and O–H groups in total. The van der Waals surface area contributed by atoms with Crippen molar-refractivity contribution in [1.82, 2.24) is 10.2 Å². The summed E-state index contributed by atoms with van der Waals surface area (Å²) in [6.07, 6.45) is 2.36. The second kappa shape index (κ2) is 5.84. The Morgan fingerprint density at radius 1 is 1.50 bits per heavy atom. The van der Waals surface area contributed by atoms with Crippen LogP contribution in [-0.4, -0.2) is 50.2 Å². The number of hydrogen-bond donors (Lipinski definition) is 1. The Bertz CT molecular complexity index is 242. The van der Waals surface area contributed by atoms with Crippen LogP contribution in [0.1, 0.15) is 19.8 Å². The maximum atomic E-state index is 11.7. The van der Waals surface area contributed by atoms with Crippen LogP contribution in [0.4, 0.5) is 0 Å². The maximum absolute atomic E-state index is 11.7. The topological polar surface area (TPSA) is 41.6 Å². The zero-order chi connectivity index (χ0) is 10.7. The van der Waals surface area contributed by atoms with Gasteiger partial charge in [0.1, 0.15) is 6.61 Å². The molecule has 1 amide bonds. The molecule has 16 heavy (non-hydrogen) atoms. The van der Waals surface area contributed by atoms with Crippen molar-refractivity contribution in [3.05, 3.63) is 0 Å². The normalized spacial score (nSPS) is 28.4. The third kappa shape index (κ3) is 2.87. The second-order valence-corrected chi connectivity index (χ2v) is 4.63. The van der Waals surface area contributed by atoms with Crippen LogP contribution in [0.15, 0.2) is 0 Å². The Hall–Kier alpha value is -0.320. The molecule has 2 fully saturated rings. The summed E-state index contributed by atoms with van der Waals surface area (Å²) >= 11 is 0. The first-order chi connectivity index (χ1) is 7.26. The van der Waals surface area contributed by atoms with E-state index in [4.69, 9.17) is 4.74 Å². The van der Waals surface area contributed by atoms with E-state index < -0.39 is 0 Å². The van der Waals surface area contributed by atoms with Crippen molar-refractivity contribution in [2.24, 2.45) is 5.41 Å². The monoisotopic (exact) mass is 248 g/mol. The summed E-state index contributed by atoms with van der Waals surface area (Å²) in [5, 5.41) is 3.39. The Labute approximate surface area is 103 Å². The van der Waals surface area contributed by atoms with Crippen molar-refractivity contribution >= 4 is 18.3 Å². The van der Waals surface area contributed by atoms with Gasteiger partial charge in [-0.2, -0.15) is 0 Å². The number of halogens is 1. The summed E-state index contributed by atoms with van der Waals surface area (Å²) in [5.41, 5.74) is 0.377. The number of carbonyl (C=O) groups is 1. The van der Waals surface area contributed by atoms with Crippen LogP contribution in [0.5, 0.6) is 0 Å². The van der Waals surface area contributed by atoms with Gasteiger partial charge in [-0.1, -0.05) is 0 Å². The minimum absolute atomic E-state index is 0. The van der Waals surface area contributed by atoms with Crippen LogP contribution >= 0.6 is 12.4 Å². The molecule has 0 saturated carbocycles. The average Bonchev–Trinajstić information content (AvgIpc) is 2.86.